The van der Waals surface area contributed by atoms with E-state index in [1.54, 1.807) is 20.8 Å². The molecule has 1 saturated carbocycles. The second-order valence-electron chi connectivity index (χ2n) is 10.8. The lowest BCUT2D eigenvalue weighted by Crippen LogP contribution is -2.45. The van der Waals surface area contributed by atoms with Crippen molar-refractivity contribution in [3.8, 4) is 0 Å². The minimum Gasteiger partial charge on any atom is -0.443 e. The molecule has 33 heavy (non-hydrogen) atoms. The molecule has 0 N–H and O–H groups in total. The molecule has 1 aliphatic heterocycles. The Bertz CT molecular complexity index is 919. The first kappa shape index (κ1) is 26.1. The van der Waals surface area contributed by atoms with Gasteiger partial charge in [0.05, 0.1) is 0 Å². The first-order valence-corrected chi connectivity index (χ1v) is 15.7. The van der Waals surface area contributed by atoms with Crippen molar-refractivity contribution in [3.63, 3.8) is 0 Å². The van der Waals surface area contributed by atoms with E-state index in [-0.39, 0.29) is 28.6 Å². The van der Waals surface area contributed by atoms with Gasteiger partial charge in [-0.3, -0.25) is 0 Å². The number of rotatable bonds is 7. The molecule has 1 aromatic carbocycles. The number of alkyl halides is 1. The van der Waals surface area contributed by atoms with Crippen LogP contribution in [0.3, 0.4) is 0 Å². The van der Waals surface area contributed by atoms with E-state index in [1.165, 1.54) is 28.8 Å². The molecule has 1 amide bonds. The summed E-state index contributed by atoms with van der Waals surface area (Å²) < 4.78 is 54.7. The van der Waals surface area contributed by atoms with Crippen molar-refractivity contribution >= 4 is 31.1 Å². The minimum atomic E-state index is -1.59. The molecule has 1 aliphatic carbocycles. The fraction of sp³-hybridized carbons (Fsp3) is 0.652. The molecule has 0 aromatic heterocycles. The zero-order chi connectivity index (χ0) is 24.6. The second kappa shape index (κ2) is 9.62. The van der Waals surface area contributed by atoms with Crippen LogP contribution in [0.4, 0.5) is 18.0 Å². The van der Waals surface area contributed by atoms with Crippen molar-refractivity contribution in [1.29, 1.82) is 0 Å². The number of aliphatic imine (C=N–C) groups is 1. The predicted molar refractivity (Wildman–Crippen MR) is 128 cm³/mol. The first-order valence-electron chi connectivity index (χ1n) is 11.1. The molecule has 10 heteroatoms. The van der Waals surface area contributed by atoms with Gasteiger partial charge in [-0.1, -0.05) is 43.5 Å². The number of halogens is 3. The molecule has 0 spiro atoms. The van der Waals surface area contributed by atoms with Crippen LogP contribution in [0.5, 0.6) is 0 Å². The summed E-state index contributed by atoms with van der Waals surface area (Å²) in [6.45, 7) is 11.2. The lowest BCUT2D eigenvalue weighted by Gasteiger charge is -2.35. The maximum Gasteiger partial charge on any atom is 0.418 e. The lowest BCUT2D eigenvalue weighted by molar-refractivity contribution is 0.0109. The van der Waals surface area contributed by atoms with Gasteiger partial charge in [0, 0.05) is 31.4 Å². The Hall–Kier alpha value is -1.52. The summed E-state index contributed by atoms with van der Waals surface area (Å²) in [5.41, 5.74) is -2.48. The van der Waals surface area contributed by atoms with Crippen LogP contribution in [0.2, 0.25) is 25.7 Å². The first-order chi connectivity index (χ1) is 15.3. The number of nitrogens with zero attached hydrogens (tertiary/aromatic N) is 2. The van der Waals surface area contributed by atoms with Crippen molar-refractivity contribution in [1.82, 2.24) is 4.90 Å². The zero-order valence-corrected chi connectivity index (χ0v) is 21.9. The van der Waals surface area contributed by atoms with Gasteiger partial charge in [-0.2, -0.15) is 0 Å². The number of fused-ring (bicyclic) bond motifs is 1. The van der Waals surface area contributed by atoms with Gasteiger partial charge >= 0.3 is 6.09 Å². The van der Waals surface area contributed by atoms with Gasteiger partial charge in [0.1, 0.15) is 24.5 Å². The zero-order valence-electron chi connectivity index (χ0n) is 20.1. The third-order valence-electron chi connectivity index (χ3n) is 5.58. The Morgan fingerprint density at radius 1 is 1.30 bits per heavy atom. The molecule has 1 aromatic rings. The van der Waals surface area contributed by atoms with Crippen molar-refractivity contribution in [3.05, 3.63) is 35.4 Å². The van der Waals surface area contributed by atoms with Crippen molar-refractivity contribution in [2.45, 2.75) is 69.3 Å². The fourth-order valence-corrected chi connectivity index (χ4v) is 5.87. The molecule has 0 unspecified atom stereocenters. The summed E-state index contributed by atoms with van der Waals surface area (Å²) in [7, 11) is -1.35. The molecular weight excluding hydrogens is 469 g/mol. The largest absolute Gasteiger partial charge is 0.443 e. The highest BCUT2D eigenvalue weighted by atomic mass is 32.2. The highest BCUT2D eigenvalue weighted by Crippen LogP contribution is 2.59. The van der Waals surface area contributed by atoms with Crippen LogP contribution in [-0.4, -0.2) is 55.1 Å². The summed E-state index contributed by atoms with van der Waals surface area (Å²) in [6.07, 6.45) is -0.0794. The SMILES string of the molecule is CC(C)(C)OC(=O)N(COCC[Si](C)(C)C)C1=N[C@](CF)(c2cccc(F)c2F)[C@@H]2C[C@@H]2S1. The monoisotopic (exact) mass is 502 g/mol. The summed E-state index contributed by atoms with van der Waals surface area (Å²) in [6, 6.07) is 4.62. The van der Waals surface area contributed by atoms with Crippen LogP contribution >= 0.6 is 11.8 Å². The van der Waals surface area contributed by atoms with Crippen LogP contribution in [0, 0.1) is 17.6 Å². The third kappa shape index (κ3) is 6.13. The maximum atomic E-state index is 14.7. The van der Waals surface area contributed by atoms with Gasteiger partial charge < -0.3 is 9.47 Å². The average Bonchev–Trinajstić information content (AvgIpc) is 3.47. The van der Waals surface area contributed by atoms with Gasteiger partial charge in [0.2, 0.25) is 0 Å². The van der Waals surface area contributed by atoms with E-state index in [0.717, 1.165) is 12.1 Å². The van der Waals surface area contributed by atoms with Crippen LogP contribution in [-0.2, 0) is 15.0 Å². The summed E-state index contributed by atoms with van der Waals surface area (Å²) >= 11 is 1.33. The van der Waals surface area contributed by atoms with E-state index >= 15 is 0 Å². The number of amides is 1. The molecule has 2 aliphatic rings. The molecule has 0 radical (unpaired) electrons. The molecular formula is C23H33F3N2O3SSi. The number of benzene rings is 1. The van der Waals surface area contributed by atoms with Crippen LogP contribution in [0.15, 0.2) is 23.2 Å². The molecule has 3 atom stereocenters. The Balaban J connectivity index is 1.95. The third-order valence-corrected chi connectivity index (χ3v) is 8.63. The number of thioether (sulfide) groups is 1. The van der Waals surface area contributed by atoms with E-state index in [9.17, 15) is 18.0 Å². The van der Waals surface area contributed by atoms with Crippen LogP contribution < -0.4 is 0 Å². The van der Waals surface area contributed by atoms with Crippen LogP contribution in [0.25, 0.3) is 0 Å². The molecule has 184 valence electrons. The van der Waals surface area contributed by atoms with Gasteiger partial charge in [-0.15, -0.1) is 0 Å². The lowest BCUT2D eigenvalue weighted by atomic mass is 9.86. The second-order valence-corrected chi connectivity index (χ2v) is 17.6. The fourth-order valence-electron chi connectivity index (χ4n) is 3.68. The summed E-state index contributed by atoms with van der Waals surface area (Å²) in [5, 5.41) is 0.153. The van der Waals surface area contributed by atoms with E-state index < -0.39 is 43.6 Å². The quantitative estimate of drug-likeness (QED) is 0.254. The minimum absolute atomic E-state index is 0.0529. The highest BCUT2D eigenvalue weighted by Gasteiger charge is 2.59. The van der Waals surface area contributed by atoms with Gasteiger partial charge in [0.15, 0.2) is 16.8 Å². The van der Waals surface area contributed by atoms with Crippen molar-refractivity contribution in [2.24, 2.45) is 10.9 Å². The molecule has 1 heterocycles. The molecule has 3 rings (SSSR count). The Morgan fingerprint density at radius 2 is 2.00 bits per heavy atom. The Kier molecular flexibility index (Phi) is 7.60. The standard InChI is InChI=1S/C23H33F3N2O3SSi/c1-22(2,3)31-21(29)28(14-30-10-11-33(4,5)6)20-27-23(13-24,16-12-18(16)32-20)15-8-7-9-17(25)19(15)26/h7-9,16,18H,10-14H2,1-6H3/t16-,18+,23-/m1/s1. The smallest absolute Gasteiger partial charge is 0.418 e. The normalized spacial score (nSPS) is 24.7. The number of amidine groups is 1. The maximum absolute atomic E-state index is 14.7. The number of hydrogen-bond donors (Lipinski definition) is 0. The average molecular weight is 503 g/mol. The number of ether oxygens (including phenoxy) is 2. The Morgan fingerprint density at radius 3 is 2.61 bits per heavy atom. The van der Waals surface area contributed by atoms with Crippen molar-refractivity contribution < 1.29 is 27.4 Å². The molecule has 0 bridgehead atoms. The number of carbonyl (C=O) groups excluding carboxylic acids is 1. The predicted octanol–water partition coefficient (Wildman–Crippen LogP) is 6.17. The molecule has 1 fully saturated rings. The highest BCUT2D eigenvalue weighted by molar-refractivity contribution is 8.14. The molecule has 5 nitrogen and oxygen atoms in total. The number of hydrogen-bond acceptors (Lipinski definition) is 5. The van der Waals surface area contributed by atoms with E-state index in [4.69, 9.17) is 9.47 Å². The number of carbonyl (C=O) groups is 1. The molecule has 0 saturated heterocycles. The topological polar surface area (TPSA) is 51.1 Å². The Labute approximate surface area is 199 Å². The van der Waals surface area contributed by atoms with Crippen LogP contribution in [0.1, 0.15) is 32.8 Å². The van der Waals surface area contributed by atoms with Gasteiger partial charge in [-0.25, -0.2) is 27.9 Å². The summed E-state index contributed by atoms with van der Waals surface area (Å²) in [5.74, 6) is -2.43. The van der Waals surface area contributed by atoms with Crippen molar-refractivity contribution in [2.75, 3.05) is 20.0 Å². The van der Waals surface area contributed by atoms with E-state index in [2.05, 4.69) is 24.6 Å². The van der Waals surface area contributed by atoms with E-state index in [1.807, 2.05) is 0 Å². The van der Waals surface area contributed by atoms with Gasteiger partial charge in [0.25, 0.3) is 0 Å². The van der Waals surface area contributed by atoms with Gasteiger partial charge in [-0.05, 0) is 39.3 Å². The summed E-state index contributed by atoms with van der Waals surface area (Å²) in [4.78, 5) is 18.8. The van der Waals surface area contributed by atoms with E-state index in [0.29, 0.717) is 13.0 Å².